The molecule has 3 rings (SSSR count). The van der Waals surface area contributed by atoms with Gasteiger partial charge < -0.3 is 0 Å². The minimum atomic E-state index is -0.174. The Morgan fingerprint density at radius 2 is 2.10 bits per heavy atom. The Bertz CT molecular complexity index is 786. The van der Waals surface area contributed by atoms with Gasteiger partial charge >= 0.3 is 0 Å². The average molecular weight is 300 g/mol. The van der Waals surface area contributed by atoms with Crippen molar-refractivity contribution < 1.29 is 4.79 Å². The van der Waals surface area contributed by atoms with Crippen LogP contribution in [0.1, 0.15) is 20.1 Å². The van der Waals surface area contributed by atoms with Crippen LogP contribution in [0.15, 0.2) is 46.9 Å². The number of nitrogens with one attached hydrogen (secondary N) is 1. The van der Waals surface area contributed by atoms with Crippen molar-refractivity contribution in [2.24, 2.45) is 5.10 Å². The van der Waals surface area contributed by atoms with Gasteiger partial charge in [0.25, 0.3) is 5.91 Å². The number of amides is 1. The van der Waals surface area contributed by atoms with Gasteiger partial charge in [0.15, 0.2) is 0 Å². The highest BCUT2D eigenvalue weighted by atomic mass is 32.1. The van der Waals surface area contributed by atoms with Crippen molar-refractivity contribution in [3.63, 3.8) is 0 Å². The molecule has 0 aliphatic heterocycles. The maximum atomic E-state index is 12.1. The molecule has 2 aromatic heterocycles. The highest BCUT2D eigenvalue weighted by Gasteiger charge is 2.10. The summed E-state index contributed by atoms with van der Waals surface area (Å²) >= 11 is 3.21. The molecule has 3 nitrogen and oxygen atoms in total. The molecule has 1 N–H and O–H groups in total. The molecule has 0 bridgehead atoms. The van der Waals surface area contributed by atoms with Crippen LogP contribution in [0.3, 0.4) is 0 Å². The molecule has 0 aliphatic carbocycles. The molecule has 0 saturated heterocycles. The topological polar surface area (TPSA) is 41.5 Å². The van der Waals surface area contributed by atoms with E-state index in [-0.39, 0.29) is 5.91 Å². The molecule has 0 atom stereocenters. The van der Waals surface area contributed by atoms with Gasteiger partial charge in [-0.3, -0.25) is 4.79 Å². The first-order valence-corrected chi connectivity index (χ1v) is 7.80. The van der Waals surface area contributed by atoms with Crippen LogP contribution in [-0.4, -0.2) is 12.1 Å². The fraction of sp³-hybridized carbons (Fsp3) is 0.0667. The maximum Gasteiger partial charge on any atom is 0.272 e. The highest BCUT2D eigenvalue weighted by molar-refractivity contribution is 7.17. The second-order valence-electron chi connectivity index (χ2n) is 4.29. The van der Waals surface area contributed by atoms with Crippen LogP contribution in [0.4, 0.5) is 0 Å². The van der Waals surface area contributed by atoms with Gasteiger partial charge in [0, 0.05) is 25.2 Å². The third-order valence-electron chi connectivity index (χ3n) is 2.84. The van der Waals surface area contributed by atoms with Crippen molar-refractivity contribution in [1.82, 2.24) is 5.43 Å². The van der Waals surface area contributed by atoms with E-state index in [1.807, 2.05) is 48.7 Å². The summed E-state index contributed by atoms with van der Waals surface area (Å²) < 4.78 is 1.11. The quantitative estimate of drug-likeness (QED) is 0.576. The number of hydrazone groups is 1. The van der Waals surface area contributed by atoms with Gasteiger partial charge in [-0.25, -0.2) is 5.43 Å². The van der Waals surface area contributed by atoms with E-state index in [0.29, 0.717) is 5.56 Å². The summed E-state index contributed by atoms with van der Waals surface area (Å²) in [6.07, 6.45) is 1.67. The van der Waals surface area contributed by atoms with E-state index >= 15 is 0 Å². The number of thiophene rings is 2. The third kappa shape index (κ3) is 2.64. The number of aryl methyl sites for hydroxylation is 1. The van der Waals surface area contributed by atoms with Gasteiger partial charge in [0.2, 0.25) is 0 Å². The lowest BCUT2D eigenvalue weighted by atomic mass is 10.2. The number of nitrogens with zero attached hydrogens (tertiary/aromatic N) is 1. The van der Waals surface area contributed by atoms with Crippen molar-refractivity contribution in [1.29, 1.82) is 0 Å². The van der Waals surface area contributed by atoms with Crippen molar-refractivity contribution in [3.05, 3.63) is 57.1 Å². The van der Waals surface area contributed by atoms with Crippen LogP contribution in [0, 0.1) is 6.92 Å². The number of rotatable bonds is 3. The third-order valence-corrected chi connectivity index (χ3v) is 4.74. The smallest absolute Gasteiger partial charge is 0.267 e. The van der Waals surface area contributed by atoms with Crippen LogP contribution in [0.2, 0.25) is 0 Å². The Balaban J connectivity index is 1.75. The Kier molecular flexibility index (Phi) is 3.62. The van der Waals surface area contributed by atoms with Gasteiger partial charge in [-0.2, -0.15) is 5.10 Å². The van der Waals surface area contributed by atoms with E-state index in [1.165, 1.54) is 4.88 Å². The SMILES string of the molecule is Cc1ccc(C=NNC(=O)c2csc3ccccc23)s1. The van der Waals surface area contributed by atoms with Crippen LogP contribution >= 0.6 is 22.7 Å². The fourth-order valence-corrected chi connectivity index (χ4v) is 3.58. The minimum absolute atomic E-state index is 0.174. The zero-order chi connectivity index (χ0) is 13.9. The first kappa shape index (κ1) is 13.0. The monoisotopic (exact) mass is 300 g/mol. The number of benzene rings is 1. The summed E-state index contributed by atoms with van der Waals surface area (Å²) in [6, 6.07) is 11.9. The number of carbonyl (C=O) groups is 1. The second-order valence-corrected chi connectivity index (χ2v) is 6.52. The first-order valence-electron chi connectivity index (χ1n) is 6.10. The molecular weight excluding hydrogens is 288 g/mol. The van der Waals surface area contributed by atoms with Gasteiger partial charge in [-0.05, 0) is 25.1 Å². The molecule has 1 amide bonds. The molecule has 5 heteroatoms. The summed E-state index contributed by atoms with van der Waals surface area (Å²) in [5.74, 6) is -0.174. The number of carbonyl (C=O) groups excluding carboxylic acids is 1. The van der Waals surface area contributed by atoms with Crippen molar-refractivity contribution in [2.45, 2.75) is 6.92 Å². The van der Waals surface area contributed by atoms with Crippen LogP contribution in [0.25, 0.3) is 10.1 Å². The van der Waals surface area contributed by atoms with Crippen molar-refractivity contribution >= 4 is 44.9 Å². The van der Waals surface area contributed by atoms with Crippen molar-refractivity contribution in [3.8, 4) is 0 Å². The van der Waals surface area contributed by atoms with Crippen LogP contribution in [0.5, 0.6) is 0 Å². The van der Waals surface area contributed by atoms with E-state index < -0.39 is 0 Å². The molecule has 0 spiro atoms. The van der Waals surface area contributed by atoms with Crippen molar-refractivity contribution in [2.75, 3.05) is 0 Å². The maximum absolute atomic E-state index is 12.1. The highest BCUT2D eigenvalue weighted by Crippen LogP contribution is 2.25. The molecule has 0 unspecified atom stereocenters. The number of hydrogen-bond acceptors (Lipinski definition) is 4. The predicted molar refractivity (Wildman–Crippen MR) is 85.9 cm³/mol. The summed E-state index contributed by atoms with van der Waals surface area (Å²) in [5.41, 5.74) is 3.25. The Hall–Kier alpha value is -1.98. The summed E-state index contributed by atoms with van der Waals surface area (Å²) in [4.78, 5) is 14.4. The molecular formula is C15H12N2OS2. The predicted octanol–water partition coefficient (Wildman–Crippen LogP) is 4.04. The van der Waals surface area contributed by atoms with E-state index in [0.717, 1.165) is 15.0 Å². The Morgan fingerprint density at radius 3 is 2.90 bits per heavy atom. The lowest BCUT2D eigenvalue weighted by Crippen LogP contribution is -2.16. The Labute approximate surface area is 124 Å². The van der Waals surface area contributed by atoms with E-state index in [4.69, 9.17) is 0 Å². The van der Waals surface area contributed by atoms with E-state index in [2.05, 4.69) is 10.5 Å². The van der Waals surface area contributed by atoms with Crippen LogP contribution in [-0.2, 0) is 0 Å². The molecule has 2 heterocycles. The van der Waals surface area contributed by atoms with E-state index in [1.54, 1.807) is 28.9 Å². The van der Waals surface area contributed by atoms with Gasteiger partial charge in [0.05, 0.1) is 11.8 Å². The molecule has 100 valence electrons. The molecule has 20 heavy (non-hydrogen) atoms. The summed E-state index contributed by atoms with van der Waals surface area (Å²) in [5, 5.41) is 6.84. The minimum Gasteiger partial charge on any atom is -0.267 e. The molecule has 1 aromatic carbocycles. The standard InChI is InChI=1S/C15H12N2OS2/c1-10-6-7-11(20-10)8-16-17-15(18)13-9-19-14-5-3-2-4-12(13)14/h2-9H,1H3,(H,17,18). The molecule has 3 aromatic rings. The largest absolute Gasteiger partial charge is 0.272 e. The van der Waals surface area contributed by atoms with Gasteiger partial charge in [0.1, 0.15) is 0 Å². The summed E-state index contributed by atoms with van der Waals surface area (Å²) in [7, 11) is 0. The number of fused-ring (bicyclic) bond motifs is 1. The molecule has 0 radical (unpaired) electrons. The average Bonchev–Trinajstić information content (AvgIpc) is 3.05. The first-order chi connectivity index (χ1) is 9.74. The molecule has 0 fully saturated rings. The van der Waals surface area contributed by atoms with E-state index in [9.17, 15) is 4.79 Å². The van der Waals surface area contributed by atoms with Gasteiger partial charge in [-0.1, -0.05) is 18.2 Å². The Morgan fingerprint density at radius 1 is 1.25 bits per heavy atom. The van der Waals surface area contributed by atoms with Gasteiger partial charge in [-0.15, -0.1) is 22.7 Å². The molecule has 0 aliphatic rings. The zero-order valence-corrected chi connectivity index (χ0v) is 12.4. The number of hydrogen-bond donors (Lipinski definition) is 1. The lowest BCUT2D eigenvalue weighted by Gasteiger charge is -1.97. The second kappa shape index (κ2) is 5.56. The molecule has 0 saturated carbocycles. The van der Waals surface area contributed by atoms with Crippen LogP contribution < -0.4 is 5.43 Å². The lowest BCUT2D eigenvalue weighted by molar-refractivity contribution is 0.0957. The normalized spacial score (nSPS) is 11.2. The summed E-state index contributed by atoms with van der Waals surface area (Å²) in [6.45, 7) is 2.04. The fourth-order valence-electron chi connectivity index (χ4n) is 1.89. The zero-order valence-electron chi connectivity index (χ0n) is 10.8.